The molecule has 2 aromatic heterocycles. The van der Waals surface area contributed by atoms with Crippen LogP contribution < -0.4 is 14.4 Å². The van der Waals surface area contributed by atoms with Gasteiger partial charge in [0.05, 0.1) is 37.4 Å². The summed E-state index contributed by atoms with van der Waals surface area (Å²) >= 11 is 0. The molecule has 10 nitrogen and oxygen atoms in total. The van der Waals surface area contributed by atoms with Gasteiger partial charge in [0, 0.05) is 6.54 Å². The van der Waals surface area contributed by atoms with Crippen LogP contribution in [0.4, 0.5) is 5.69 Å². The zero-order chi connectivity index (χ0) is 27.2. The molecule has 196 valence electrons. The zero-order valence-corrected chi connectivity index (χ0v) is 21.0. The molecule has 0 bridgehead atoms. The molecule has 0 saturated carbocycles. The Morgan fingerprint density at radius 2 is 1.85 bits per heavy atom. The summed E-state index contributed by atoms with van der Waals surface area (Å²) in [7, 11) is 1.53. The number of Topliss-reactive ketones (excluding diaryl/α,β-unsaturated/α-hetero) is 1. The van der Waals surface area contributed by atoms with E-state index in [1.807, 2.05) is 0 Å². The number of hydrogen-bond acceptors (Lipinski definition) is 8. The lowest BCUT2D eigenvalue weighted by molar-refractivity contribution is -0.114. The molecule has 0 radical (unpaired) electrons. The molecular weight excluding hydrogens is 500 g/mol. The van der Waals surface area contributed by atoms with Gasteiger partial charge in [0.15, 0.2) is 17.3 Å². The zero-order valence-electron chi connectivity index (χ0n) is 21.0. The fourth-order valence-corrected chi connectivity index (χ4v) is 4.03. The van der Waals surface area contributed by atoms with Crippen LogP contribution in [-0.2, 0) is 22.7 Å². The highest BCUT2D eigenvalue weighted by molar-refractivity contribution is 6.52. The summed E-state index contributed by atoms with van der Waals surface area (Å²) in [6.07, 6.45) is 9.44. The van der Waals surface area contributed by atoms with Crippen LogP contribution in [0.25, 0.3) is 12.2 Å². The maximum atomic E-state index is 12.4. The van der Waals surface area contributed by atoms with E-state index in [-0.39, 0.29) is 18.9 Å². The first-order valence-corrected chi connectivity index (χ1v) is 12.1. The quantitative estimate of drug-likeness (QED) is 0.214. The number of carbonyl (C=O) groups is 3. The van der Waals surface area contributed by atoms with E-state index >= 15 is 0 Å². The topological polar surface area (TPSA) is 117 Å². The number of benzene rings is 2. The second-order valence-electron chi connectivity index (χ2n) is 8.56. The second kappa shape index (κ2) is 11.4. The first-order chi connectivity index (χ1) is 19.0. The number of para-hydroxylation sites is 1. The maximum Gasteiger partial charge on any atom is 0.299 e. The number of carbonyl (C=O) groups excluding carboxylic acids is 3. The third kappa shape index (κ3) is 5.85. The van der Waals surface area contributed by atoms with Crippen LogP contribution >= 0.6 is 0 Å². The van der Waals surface area contributed by atoms with Crippen molar-refractivity contribution < 1.29 is 28.3 Å². The molecule has 1 amide bonds. The van der Waals surface area contributed by atoms with Gasteiger partial charge in [-0.15, -0.1) is 5.10 Å². The number of furan rings is 1. The first-order valence-electron chi connectivity index (χ1n) is 12.1. The molecule has 0 unspecified atom stereocenters. The molecule has 0 aliphatic carbocycles. The number of anilines is 1. The lowest BCUT2D eigenvalue weighted by atomic mass is 10.1. The number of fused-ring (bicyclic) bond motifs is 1. The predicted molar refractivity (Wildman–Crippen MR) is 142 cm³/mol. The Morgan fingerprint density at radius 1 is 1.00 bits per heavy atom. The van der Waals surface area contributed by atoms with Crippen LogP contribution in [0.3, 0.4) is 0 Å². The Labute approximate surface area is 223 Å². The van der Waals surface area contributed by atoms with Crippen LogP contribution in [-0.4, -0.2) is 46.1 Å². The van der Waals surface area contributed by atoms with Crippen molar-refractivity contribution in [3.63, 3.8) is 0 Å². The standard InChI is InChI=1S/C29H24N4O6/c1-37-27-17-20(8-10-22(34)11-12-23-5-4-16-38-23)9-13-26(27)39-19-21-18-32(31-30-21)14-15-33-25-7-3-2-6-24(25)28(35)29(33)36/h2-13,16-18H,14-15,19H2,1H3/b10-8+,12-11+. The molecule has 10 heteroatoms. The summed E-state index contributed by atoms with van der Waals surface area (Å²) in [5.41, 5.74) is 2.37. The number of methoxy groups -OCH3 is 1. The van der Waals surface area contributed by atoms with E-state index in [0.29, 0.717) is 40.7 Å². The van der Waals surface area contributed by atoms with Gasteiger partial charge in [-0.05, 0) is 60.2 Å². The lowest BCUT2D eigenvalue weighted by Gasteiger charge is -2.15. The van der Waals surface area contributed by atoms with E-state index in [4.69, 9.17) is 13.9 Å². The molecule has 2 aromatic carbocycles. The number of hydrogen-bond donors (Lipinski definition) is 0. The van der Waals surface area contributed by atoms with E-state index in [9.17, 15) is 14.4 Å². The highest BCUT2D eigenvalue weighted by atomic mass is 16.5. The molecule has 1 aliphatic heterocycles. The van der Waals surface area contributed by atoms with Crippen molar-refractivity contribution in [2.45, 2.75) is 13.2 Å². The van der Waals surface area contributed by atoms with Crippen LogP contribution in [0, 0.1) is 0 Å². The van der Waals surface area contributed by atoms with E-state index in [1.165, 1.54) is 24.2 Å². The molecule has 0 saturated heterocycles. The van der Waals surface area contributed by atoms with Gasteiger partial charge in [-0.2, -0.15) is 0 Å². The SMILES string of the molecule is COc1cc(/C=C/C(=O)/C=C/c2ccco2)ccc1OCc1cn(CCN2C(=O)C(=O)c3ccccc32)nn1. The lowest BCUT2D eigenvalue weighted by Crippen LogP contribution is -2.32. The Bertz CT molecular complexity index is 1570. The van der Waals surface area contributed by atoms with Gasteiger partial charge in [0.2, 0.25) is 0 Å². The second-order valence-corrected chi connectivity index (χ2v) is 8.56. The molecule has 0 N–H and O–H groups in total. The van der Waals surface area contributed by atoms with Crippen LogP contribution in [0.15, 0.2) is 83.6 Å². The van der Waals surface area contributed by atoms with Crippen molar-refractivity contribution in [3.05, 3.63) is 102 Å². The molecule has 0 atom stereocenters. The Morgan fingerprint density at radius 3 is 2.67 bits per heavy atom. The summed E-state index contributed by atoms with van der Waals surface area (Å²) in [6, 6.07) is 15.8. The van der Waals surface area contributed by atoms with Gasteiger partial charge in [-0.25, -0.2) is 0 Å². The van der Waals surface area contributed by atoms with Crippen LogP contribution in [0.5, 0.6) is 11.5 Å². The number of aromatic nitrogens is 3. The van der Waals surface area contributed by atoms with Crippen molar-refractivity contribution in [2.24, 2.45) is 0 Å². The number of nitrogens with zero attached hydrogens (tertiary/aromatic N) is 4. The fraction of sp³-hybridized carbons (Fsp3) is 0.138. The fourth-order valence-electron chi connectivity index (χ4n) is 4.03. The number of amides is 1. The molecule has 39 heavy (non-hydrogen) atoms. The smallest absolute Gasteiger partial charge is 0.299 e. The normalized spacial score (nSPS) is 13.0. The minimum atomic E-state index is -0.542. The number of allylic oxidation sites excluding steroid dienone is 2. The Balaban J connectivity index is 1.16. The third-order valence-corrected chi connectivity index (χ3v) is 5.98. The molecule has 5 rings (SSSR count). The van der Waals surface area contributed by atoms with Gasteiger partial charge in [-0.1, -0.05) is 29.5 Å². The third-order valence-electron chi connectivity index (χ3n) is 5.98. The molecule has 4 aromatic rings. The first kappa shape index (κ1) is 25.4. The van der Waals surface area contributed by atoms with Gasteiger partial charge in [0.25, 0.3) is 11.7 Å². The molecule has 0 fully saturated rings. The monoisotopic (exact) mass is 524 g/mol. The summed E-state index contributed by atoms with van der Waals surface area (Å²) in [5, 5.41) is 8.23. The average Bonchev–Trinajstić information content (AvgIpc) is 3.70. The molecular formula is C29H24N4O6. The van der Waals surface area contributed by atoms with Crippen molar-refractivity contribution in [1.82, 2.24) is 15.0 Å². The van der Waals surface area contributed by atoms with Crippen molar-refractivity contribution in [2.75, 3.05) is 18.6 Å². The minimum absolute atomic E-state index is 0.144. The number of rotatable bonds is 11. The van der Waals surface area contributed by atoms with Crippen molar-refractivity contribution >= 4 is 35.3 Å². The van der Waals surface area contributed by atoms with E-state index in [2.05, 4.69) is 10.3 Å². The summed E-state index contributed by atoms with van der Waals surface area (Å²) in [5.74, 6) is 0.384. The van der Waals surface area contributed by atoms with Crippen LogP contribution in [0.1, 0.15) is 27.4 Å². The van der Waals surface area contributed by atoms with Gasteiger partial charge < -0.3 is 18.8 Å². The van der Waals surface area contributed by atoms with E-state index in [1.54, 1.807) is 83.9 Å². The van der Waals surface area contributed by atoms with Gasteiger partial charge >= 0.3 is 0 Å². The van der Waals surface area contributed by atoms with Gasteiger partial charge in [-0.3, -0.25) is 19.1 Å². The maximum absolute atomic E-state index is 12.4. The minimum Gasteiger partial charge on any atom is -0.493 e. The van der Waals surface area contributed by atoms with Crippen molar-refractivity contribution in [1.29, 1.82) is 0 Å². The Kier molecular flexibility index (Phi) is 7.44. The molecule has 0 spiro atoms. The summed E-state index contributed by atoms with van der Waals surface area (Å²) in [6.45, 7) is 0.793. The predicted octanol–water partition coefficient (Wildman–Crippen LogP) is 3.98. The highest BCUT2D eigenvalue weighted by Crippen LogP contribution is 2.30. The molecule has 3 heterocycles. The number of ketones is 2. The highest BCUT2D eigenvalue weighted by Gasteiger charge is 2.35. The Hall–Kier alpha value is -5.25. The van der Waals surface area contributed by atoms with E-state index < -0.39 is 11.7 Å². The van der Waals surface area contributed by atoms with Crippen molar-refractivity contribution in [3.8, 4) is 11.5 Å². The average molecular weight is 525 g/mol. The summed E-state index contributed by atoms with van der Waals surface area (Å²) < 4.78 is 18.1. The van der Waals surface area contributed by atoms with Gasteiger partial charge in [0.1, 0.15) is 18.1 Å². The van der Waals surface area contributed by atoms with Crippen LogP contribution in [0.2, 0.25) is 0 Å². The number of ether oxygens (including phenoxy) is 2. The van der Waals surface area contributed by atoms with E-state index in [0.717, 1.165) is 5.56 Å². The molecule has 1 aliphatic rings. The largest absolute Gasteiger partial charge is 0.493 e. The summed E-state index contributed by atoms with van der Waals surface area (Å²) in [4.78, 5) is 38.1.